The summed E-state index contributed by atoms with van der Waals surface area (Å²) in [4.78, 5) is 12.1. The van der Waals surface area contributed by atoms with Gasteiger partial charge in [-0.25, -0.2) is 4.79 Å². The first kappa shape index (κ1) is 17.5. The molecule has 2 rings (SSSR count). The van der Waals surface area contributed by atoms with Crippen LogP contribution >= 0.6 is 0 Å². The fourth-order valence-corrected chi connectivity index (χ4v) is 2.74. The van der Waals surface area contributed by atoms with Gasteiger partial charge in [-0.1, -0.05) is 12.2 Å². The number of aromatic nitrogens is 2. The second kappa shape index (κ2) is 6.74. The third-order valence-electron chi connectivity index (χ3n) is 4.16. The highest BCUT2D eigenvalue weighted by Crippen LogP contribution is 2.21. The Morgan fingerprint density at radius 1 is 1.48 bits per heavy atom. The van der Waals surface area contributed by atoms with Crippen LogP contribution in [-0.4, -0.2) is 33.6 Å². The van der Waals surface area contributed by atoms with E-state index in [1.807, 2.05) is 36.9 Å². The summed E-state index contributed by atoms with van der Waals surface area (Å²) < 4.78 is 1.93. The van der Waals surface area contributed by atoms with Crippen LogP contribution in [0.25, 0.3) is 0 Å². The molecule has 0 aromatic carbocycles. The number of urea groups is 1. The third kappa shape index (κ3) is 4.34. The van der Waals surface area contributed by atoms with Crippen molar-refractivity contribution in [3.63, 3.8) is 0 Å². The minimum absolute atomic E-state index is 0.0160. The molecule has 6 heteroatoms. The number of aliphatic hydroxyl groups excluding tert-OH is 1. The van der Waals surface area contributed by atoms with Crippen molar-refractivity contribution in [3.8, 4) is 0 Å². The summed E-state index contributed by atoms with van der Waals surface area (Å²) in [5.74, 6) is 0.144. The van der Waals surface area contributed by atoms with Crippen molar-refractivity contribution in [2.45, 2.75) is 58.7 Å². The largest absolute Gasteiger partial charge is 0.396 e. The van der Waals surface area contributed by atoms with E-state index < -0.39 is 0 Å². The lowest BCUT2D eigenvalue weighted by molar-refractivity contribution is 0.229. The normalized spacial score (nSPS) is 22.2. The SMILES string of the molecule is Cc1nn(C(C)(C)C)cc1[C@@H](C)NC(=O)N[C@@H]1C=C[C@H](CO)C1. The molecule has 0 fully saturated rings. The molecule has 6 nitrogen and oxygen atoms in total. The minimum atomic E-state index is -0.200. The van der Waals surface area contributed by atoms with Gasteiger partial charge in [0.05, 0.1) is 17.3 Å². The van der Waals surface area contributed by atoms with Gasteiger partial charge in [0.2, 0.25) is 0 Å². The number of nitrogens with one attached hydrogen (secondary N) is 2. The van der Waals surface area contributed by atoms with Gasteiger partial charge < -0.3 is 15.7 Å². The number of hydrogen-bond donors (Lipinski definition) is 3. The molecule has 23 heavy (non-hydrogen) atoms. The van der Waals surface area contributed by atoms with Crippen molar-refractivity contribution >= 4 is 6.03 Å². The predicted octanol–water partition coefficient (Wildman–Crippen LogP) is 2.24. The summed E-state index contributed by atoms with van der Waals surface area (Å²) in [6.07, 6.45) is 6.64. The molecule has 0 unspecified atom stereocenters. The Morgan fingerprint density at radius 2 is 2.17 bits per heavy atom. The Balaban J connectivity index is 1.94. The molecule has 0 saturated carbocycles. The smallest absolute Gasteiger partial charge is 0.315 e. The van der Waals surface area contributed by atoms with Crippen LogP contribution in [0.5, 0.6) is 0 Å². The van der Waals surface area contributed by atoms with Crippen LogP contribution in [-0.2, 0) is 5.54 Å². The molecule has 0 radical (unpaired) electrons. The van der Waals surface area contributed by atoms with Gasteiger partial charge in [-0.05, 0) is 41.0 Å². The standard InChI is InChI=1S/C17H28N4O2/c1-11(15-9-21(17(3,4)5)20-12(15)2)18-16(23)19-14-7-6-13(8-14)10-22/h6-7,9,11,13-14,22H,8,10H2,1-5H3,(H2,18,19,23)/t11-,13+,14-/m1/s1. The van der Waals surface area contributed by atoms with E-state index in [0.717, 1.165) is 17.7 Å². The van der Waals surface area contributed by atoms with E-state index in [1.165, 1.54) is 0 Å². The number of nitrogens with zero attached hydrogens (tertiary/aromatic N) is 2. The molecular weight excluding hydrogens is 292 g/mol. The maximum Gasteiger partial charge on any atom is 0.315 e. The van der Waals surface area contributed by atoms with Crippen LogP contribution in [0.4, 0.5) is 4.79 Å². The number of amides is 2. The lowest BCUT2D eigenvalue weighted by Gasteiger charge is -2.19. The predicted molar refractivity (Wildman–Crippen MR) is 90.2 cm³/mol. The molecule has 1 heterocycles. The van der Waals surface area contributed by atoms with E-state index in [2.05, 4.69) is 36.5 Å². The van der Waals surface area contributed by atoms with Crippen LogP contribution in [0.2, 0.25) is 0 Å². The number of carbonyl (C=O) groups is 1. The zero-order valence-corrected chi connectivity index (χ0v) is 14.6. The molecular formula is C17H28N4O2. The number of hydrogen-bond acceptors (Lipinski definition) is 3. The zero-order valence-electron chi connectivity index (χ0n) is 14.6. The van der Waals surface area contributed by atoms with E-state index in [0.29, 0.717) is 0 Å². The van der Waals surface area contributed by atoms with Gasteiger partial charge in [-0.3, -0.25) is 4.68 Å². The average Bonchev–Trinajstić information content (AvgIpc) is 3.04. The molecule has 0 bridgehead atoms. The van der Waals surface area contributed by atoms with Gasteiger partial charge in [0.15, 0.2) is 0 Å². The summed E-state index contributed by atoms with van der Waals surface area (Å²) in [5.41, 5.74) is 1.86. The highest BCUT2D eigenvalue weighted by Gasteiger charge is 2.22. The summed E-state index contributed by atoms with van der Waals surface area (Å²) in [6.45, 7) is 10.3. The molecule has 0 aliphatic heterocycles. The lowest BCUT2D eigenvalue weighted by atomic mass is 10.1. The van der Waals surface area contributed by atoms with E-state index in [4.69, 9.17) is 5.11 Å². The summed E-state index contributed by atoms with van der Waals surface area (Å²) in [6, 6.07) is -0.337. The third-order valence-corrected chi connectivity index (χ3v) is 4.16. The first-order chi connectivity index (χ1) is 10.7. The van der Waals surface area contributed by atoms with Gasteiger partial charge in [-0.2, -0.15) is 5.10 Å². The van der Waals surface area contributed by atoms with Gasteiger partial charge in [-0.15, -0.1) is 0 Å². The number of rotatable bonds is 4. The molecule has 3 atom stereocenters. The van der Waals surface area contributed by atoms with E-state index in [1.54, 1.807) is 0 Å². The van der Waals surface area contributed by atoms with Gasteiger partial charge in [0.25, 0.3) is 0 Å². The molecule has 1 aromatic rings. The Hall–Kier alpha value is -1.82. The fourth-order valence-electron chi connectivity index (χ4n) is 2.74. The number of aliphatic hydroxyl groups is 1. The van der Waals surface area contributed by atoms with Crippen molar-refractivity contribution < 1.29 is 9.90 Å². The Morgan fingerprint density at radius 3 is 2.70 bits per heavy atom. The molecule has 3 N–H and O–H groups in total. The summed E-state index contributed by atoms with van der Waals surface area (Å²) in [5, 5.41) is 19.5. The highest BCUT2D eigenvalue weighted by molar-refractivity contribution is 5.75. The molecule has 2 amide bonds. The van der Waals surface area contributed by atoms with Gasteiger partial charge >= 0.3 is 6.03 Å². The quantitative estimate of drug-likeness (QED) is 0.744. The van der Waals surface area contributed by atoms with E-state index in [9.17, 15) is 4.79 Å². The highest BCUT2D eigenvalue weighted by atomic mass is 16.3. The van der Waals surface area contributed by atoms with E-state index in [-0.39, 0.29) is 36.2 Å². The Kier molecular flexibility index (Phi) is 5.14. The second-order valence-corrected chi connectivity index (χ2v) is 7.29. The van der Waals surface area contributed by atoms with Crippen LogP contribution in [0.3, 0.4) is 0 Å². The second-order valence-electron chi connectivity index (χ2n) is 7.29. The van der Waals surface area contributed by atoms with Crippen molar-refractivity contribution in [1.29, 1.82) is 0 Å². The summed E-state index contributed by atoms with van der Waals surface area (Å²) >= 11 is 0. The van der Waals surface area contributed by atoms with Crippen molar-refractivity contribution in [2.24, 2.45) is 5.92 Å². The molecule has 1 aliphatic carbocycles. The average molecular weight is 320 g/mol. The number of aryl methyl sites for hydroxylation is 1. The molecule has 0 saturated heterocycles. The summed E-state index contributed by atoms with van der Waals surface area (Å²) in [7, 11) is 0. The molecule has 1 aliphatic rings. The monoisotopic (exact) mass is 320 g/mol. The Bertz CT molecular complexity index is 586. The van der Waals surface area contributed by atoms with Gasteiger partial charge in [0.1, 0.15) is 0 Å². The van der Waals surface area contributed by atoms with Crippen LogP contribution in [0, 0.1) is 12.8 Å². The maximum atomic E-state index is 12.1. The fraction of sp³-hybridized carbons (Fsp3) is 0.647. The molecule has 0 spiro atoms. The topological polar surface area (TPSA) is 79.2 Å². The molecule has 1 aromatic heterocycles. The first-order valence-corrected chi connectivity index (χ1v) is 8.13. The van der Waals surface area contributed by atoms with Crippen molar-refractivity contribution in [3.05, 3.63) is 29.6 Å². The van der Waals surface area contributed by atoms with Crippen LogP contribution in [0.15, 0.2) is 18.3 Å². The number of carbonyl (C=O) groups excluding carboxylic acids is 1. The maximum absolute atomic E-state index is 12.1. The minimum Gasteiger partial charge on any atom is -0.396 e. The Labute approximate surface area is 138 Å². The van der Waals surface area contributed by atoms with E-state index >= 15 is 0 Å². The van der Waals surface area contributed by atoms with Crippen LogP contribution < -0.4 is 10.6 Å². The zero-order chi connectivity index (χ0) is 17.2. The van der Waals surface area contributed by atoms with Crippen molar-refractivity contribution in [1.82, 2.24) is 20.4 Å². The molecule has 128 valence electrons. The van der Waals surface area contributed by atoms with Crippen molar-refractivity contribution in [2.75, 3.05) is 6.61 Å². The van der Waals surface area contributed by atoms with Crippen LogP contribution in [0.1, 0.15) is 51.4 Å². The first-order valence-electron chi connectivity index (χ1n) is 8.13. The lowest BCUT2D eigenvalue weighted by Crippen LogP contribution is -2.42. The van der Waals surface area contributed by atoms with Gasteiger partial charge in [0, 0.05) is 30.3 Å².